The molecule has 1 aliphatic rings. The Bertz CT molecular complexity index is 409. The van der Waals surface area contributed by atoms with Gasteiger partial charge in [0.1, 0.15) is 0 Å². The average Bonchev–Trinajstić information content (AvgIpc) is 3.13. The monoisotopic (exact) mass is 235 g/mol. The molecule has 90 valence electrons. The third-order valence-corrected chi connectivity index (χ3v) is 2.75. The number of rotatable bonds is 3. The highest BCUT2D eigenvalue weighted by Crippen LogP contribution is 2.36. The molecule has 5 nitrogen and oxygen atoms in total. The van der Waals surface area contributed by atoms with Crippen molar-refractivity contribution < 1.29 is 19.1 Å². The number of benzene rings is 1. The average molecular weight is 235 g/mol. The zero-order valence-corrected chi connectivity index (χ0v) is 9.62. The highest BCUT2D eigenvalue weighted by atomic mass is 16.5. The molecule has 1 heterocycles. The topological polar surface area (TPSA) is 55.6 Å². The van der Waals surface area contributed by atoms with E-state index in [9.17, 15) is 9.59 Å². The molecule has 0 aromatic heterocycles. The van der Waals surface area contributed by atoms with Crippen molar-refractivity contribution in [1.82, 2.24) is 0 Å². The molecule has 0 aliphatic carbocycles. The molecule has 0 radical (unpaired) electrons. The Hall–Kier alpha value is -2.04. The van der Waals surface area contributed by atoms with Gasteiger partial charge in [-0.3, -0.25) is 0 Å². The second kappa shape index (κ2) is 4.45. The second-order valence-electron chi connectivity index (χ2n) is 3.68. The van der Waals surface area contributed by atoms with Gasteiger partial charge in [0.2, 0.25) is 0 Å². The molecule has 1 aromatic carbocycles. The van der Waals surface area contributed by atoms with Gasteiger partial charge in [-0.25, -0.2) is 9.59 Å². The van der Waals surface area contributed by atoms with Crippen LogP contribution in [0.25, 0.3) is 0 Å². The minimum Gasteiger partial charge on any atom is -0.467 e. The molecule has 1 aliphatic heterocycles. The molecular weight excluding hydrogens is 222 g/mol. The van der Waals surface area contributed by atoms with Crippen LogP contribution in [-0.4, -0.2) is 38.2 Å². The van der Waals surface area contributed by atoms with Gasteiger partial charge in [0.15, 0.2) is 12.1 Å². The van der Waals surface area contributed by atoms with E-state index in [2.05, 4.69) is 9.47 Å². The summed E-state index contributed by atoms with van der Waals surface area (Å²) in [5.41, 5.74) is 0.804. The summed E-state index contributed by atoms with van der Waals surface area (Å²) in [5.74, 6) is -0.853. The van der Waals surface area contributed by atoms with Crippen LogP contribution in [0.15, 0.2) is 30.3 Å². The van der Waals surface area contributed by atoms with E-state index in [1.807, 2.05) is 30.3 Å². The van der Waals surface area contributed by atoms with Crippen molar-refractivity contribution in [3.05, 3.63) is 30.3 Å². The molecule has 1 aromatic rings. The first-order chi connectivity index (χ1) is 8.20. The summed E-state index contributed by atoms with van der Waals surface area (Å²) < 4.78 is 9.32. The van der Waals surface area contributed by atoms with Gasteiger partial charge in [-0.15, -0.1) is 0 Å². The minimum atomic E-state index is -0.574. The Morgan fingerprint density at radius 1 is 1.00 bits per heavy atom. The molecular formula is C12H13NO4. The molecule has 2 atom stereocenters. The van der Waals surface area contributed by atoms with Crippen molar-refractivity contribution in [2.75, 3.05) is 19.1 Å². The number of carbonyl (C=O) groups is 2. The van der Waals surface area contributed by atoms with Gasteiger partial charge < -0.3 is 14.4 Å². The molecule has 1 saturated heterocycles. The number of esters is 2. The number of hydrogen-bond donors (Lipinski definition) is 0. The first kappa shape index (κ1) is 11.4. The van der Waals surface area contributed by atoms with Gasteiger partial charge >= 0.3 is 11.9 Å². The predicted molar refractivity (Wildman–Crippen MR) is 60.5 cm³/mol. The van der Waals surface area contributed by atoms with Crippen molar-refractivity contribution in [3.8, 4) is 0 Å². The van der Waals surface area contributed by atoms with Crippen LogP contribution in [-0.2, 0) is 19.1 Å². The lowest BCUT2D eigenvalue weighted by Gasteiger charge is -2.04. The molecule has 0 spiro atoms. The predicted octanol–water partition coefficient (Wildman–Crippen LogP) is 0.590. The van der Waals surface area contributed by atoms with Crippen molar-refractivity contribution in [3.63, 3.8) is 0 Å². The maximum atomic E-state index is 11.5. The molecule has 0 saturated carbocycles. The van der Waals surface area contributed by atoms with Crippen LogP contribution < -0.4 is 4.90 Å². The SMILES string of the molecule is COC(=O)[C@@H]1[C@H](C(=O)OC)N1c1ccccc1. The first-order valence-corrected chi connectivity index (χ1v) is 5.19. The quantitative estimate of drug-likeness (QED) is 0.567. The summed E-state index contributed by atoms with van der Waals surface area (Å²) in [5, 5.41) is 0. The Balaban J connectivity index is 2.22. The number of ether oxygens (including phenoxy) is 2. The molecule has 0 amide bonds. The fourth-order valence-electron chi connectivity index (χ4n) is 1.88. The van der Waals surface area contributed by atoms with Crippen molar-refractivity contribution >= 4 is 17.6 Å². The molecule has 17 heavy (non-hydrogen) atoms. The lowest BCUT2D eigenvalue weighted by molar-refractivity contribution is -0.144. The van der Waals surface area contributed by atoms with Crippen molar-refractivity contribution in [1.29, 1.82) is 0 Å². The molecule has 5 heteroatoms. The Morgan fingerprint density at radius 2 is 1.47 bits per heavy atom. The van der Waals surface area contributed by atoms with E-state index in [4.69, 9.17) is 0 Å². The van der Waals surface area contributed by atoms with Gasteiger partial charge in [0.05, 0.1) is 14.2 Å². The summed E-state index contributed by atoms with van der Waals surface area (Å²) in [6.45, 7) is 0. The van der Waals surface area contributed by atoms with E-state index < -0.39 is 24.0 Å². The highest BCUT2D eigenvalue weighted by molar-refractivity contribution is 6.00. The van der Waals surface area contributed by atoms with Crippen LogP contribution in [0, 0.1) is 0 Å². The van der Waals surface area contributed by atoms with Gasteiger partial charge in [-0.2, -0.15) is 0 Å². The standard InChI is InChI=1S/C12H13NO4/c1-16-11(14)9-10(12(15)17-2)13(9)8-6-4-3-5-7-8/h3-7,9-10H,1-2H3/t9-,10+,13?. The number of para-hydroxylation sites is 1. The van der Waals surface area contributed by atoms with Crippen LogP contribution >= 0.6 is 0 Å². The van der Waals surface area contributed by atoms with Crippen LogP contribution in [0.4, 0.5) is 5.69 Å². The fraction of sp³-hybridized carbons (Fsp3) is 0.333. The van der Waals surface area contributed by atoms with Crippen LogP contribution in [0.5, 0.6) is 0 Å². The van der Waals surface area contributed by atoms with E-state index in [0.717, 1.165) is 5.69 Å². The van der Waals surface area contributed by atoms with Crippen LogP contribution in [0.1, 0.15) is 0 Å². The maximum absolute atomic E-state index is 11.5. The van der Waals surface area contributed by atoms with Crippen molar-refractivity contribution in [2.45, 2.75) is 12.1 Å². The second-order valence-corrected chi connectivity index (χ2v) is 3.68. The zero-order valence-electron chi connectivity index (χ0n) is 9.62. The zero-order chi connectivity index (χ0) is 12.4. The lowest BCUT2D eigenvalue weighted by Crippen LogP contribution is -2.18. The summed E-state index contributed by atoms with van der Waals surface area (Å²) in [7, 11) is 2.61. The molecule has 0 bridgehead atoms. The molecule has 0 unspecified atom stereocenters. The van der Waals surface area contributed by atoms with Gasteiger partial charge in [-0.05, 0) is 12.1 Å². The maximum Gasteiger partial charge on any atom is 0.331 e. The number of hydrogen-bond acceptors (Lipinski definition) is 5. The number of nitrogens with zero attached hydrogens (tertiary/aromatic N) is 1. The largest absolute Gasteiger partial charge is 0.467 e. The van der Waals surface area contributed by atoms with E-state index in [0.29, 0.717) is 0 Å². The fourth-order valence-corrected chi connectivity index (χ4v) is 1.88. The third-order valence-electron chi connectivity index (χ3n) is 2.75. The lowest BCUT2D eigenvalue weighted by atomic mass is 10.3. The number of anilines is 1. The summed E-state index contributed by atoms with van der Waals surface area (Å²) >= 11 is 0. The Kier molecular flexibility index (Phi) is 2.99. The highest BCUT2D eigenvalue weighted by Gasteiger charge is 2.58. The molecule has 0 N–H and O–H groups in total. The number of carbonyl (C=O) groups excluding carboxylic acids is 2. The van der Waals surface area contributed by atoms with E-state index in [-0.39, 0.29) is 0 Å². The van der Waals surface area contributed by atoms with Crippen LogP contribution in [0.2, 0.25) is 0 Å². The van der Waals surface area contributed by atoms with E-state index in [1.54, 1.807) is 4.90 Å². The van der Waals surface area contributed by atoms with Crippen molar-refractivity contribution in [2.24, 2.45) is 0 Å². The summed E-state index contributed by atoms with van der Waals surface area (Å²) in [4.78, 5) is 24.7. The normalized spacial score (nSPS) is 21.9. The number of methoxy groups -OCH3 is 2. The first-order valence-electron chi connectivity index (χ1n) is 5.19. The van der Waals surface area contributed by atoms with Gasteiger partial charge in [0.25, 0.3) is 0 Å². The van der Waals surface area contributed by atoms with Gasteiger partial charge in [-0.1, -0.05) is 18.2 Å². The Morgan fingerprint density at radius 3 is 1.88 bits per heavy atom. The van der Waals surface area contributed by atoms with E-state index in [1.165, 1.54) is 14.2 Å². The minimum absolute atomic E-state index is 0.427. The molecule has 2 rings (SSSR count). The Labute approximate surface area is 98.9 Å². The van der Waals surface area contributed by atoms with Crippen LogP contribution in [0.3, 0.4) is 0 Å². The summed E-state index contributed by atoms with van der Waals surface area (Å²) in [6.07, 6.45) is 0. The summed E-state index contributed by atoms with van der Waals surface area (Å²) in [6, 6.07) is 8.07. The van der Waals surface area contributed by atoms with E-state index >= 15 is 0 Å². The smallest absolute Gasteiger partial charge is 0.331 e. The third kappa shape index (κ3) is 1.95. The van der Waals surface area contributed by atoms with Gasteiger partial charge in [0, 0.05) is 5.69 Å². The molecule has 1 fully saturated rings.